The molecule has 2 aliphatic rings. The van der Waals surface area contributed by atoms with Crippen LogP contribution in [0.4, 0.5) is 11.4 Å². The summed E-state index contributed by atoms with van der Waals surface area (Å²) in [5.74, 6) is -0.123. The normalized spacial score (nSPS) is 18.8. The predicted octanol–water partition coefficient (Wildman–Crippen LogP) is 3.50. The maximum atomic E-state index is 12.9. The van der Waals surface area contributed by atoms with E-state index < -0.39 is 10.0 Å². The maximum absolute atomic E-state index is 12.9. The van der Waals surface area contributed by atoms with Gasteiger partial charge in [0.2, 0.25) is 5.91 Å². The highest BCUT2D eigenvalue weighted by Crippen LogP contribution is 2.44. The zero-order valence-electron chi connectivity index (χ0n) is 15.2. The lowest BCUT2D eigenvalue weighted by molar-refractivity contribution is -0.119. The van der Waals surface area contributed by atoms with Crippen molar-refractivity contribution < 1.29 is 13.2 Å². The molecule has 1 amide bonds. The molecule has 0 fully saturated rings. The number of carbonyl (C=O) groups excluding carboxylic acids is 1. The van der Waals surface area contributed by atoms with E-state index in [0.29, 0.717) is 11.3 Å². The van der Waals surface area contributed by atoms with Crippen LogP contribution in [0.25, 0.3) is 0 Å². The van der Waals surface area contributed by atoms with Crippen molar-refractivity contribution in [2.45, 2.75) is 44.4 Å². The van der Waals surface area contributed by atoms with E-state index in [0.717, 1.165) is 41.8 Å². The van der Waals surface area contributed by atoms with E-state index in [9.17, 15) is 13.2 Å². The summed E-state index contributed by atoms with van der Waals surface area (Å²) in [4.78, 5) is 14.6. The predicted molar refractivity (Wildman–Crippen MR) is 102 cm³/mol. The van der Waals surface area contributed by atoms with Crippen LogP contribution in [0.2, 0.25) is 0 Å². The molecular formula is C20H22N2O3S. The van der Waals surface area contributed by atoms with Gasteiger partial charge in [-0.2, -0.15) is 0 Å². The minimum atomic E-state index is -3.68. The van der Waals surface area contributed by atoms with E-state index in [1.54, 1.807) is 13.0 Å². The van der Waals surface area contributed by atoms with Crippen molar-refractivity contribution in [2.24, 2.45) is 0 Å². The number of anilines is 2. The van der Waals surface area contributed by atoms with Gasteiger partial charge in [0, 0.05) is 12.2 Å². The van der Waals surface area contributed by atoms with Gasteiger partial charge < -0.3 is 4.90 Å². The number of amides is 1. The number of carbonyl (C=O) groups is 1. The molecule has 0 aromatic heterocycles. The third-order valence-corrected chi connectivity index (χ3v) is 6.83. The molecule has 0 unspecified atom stereocenters. The highest BCUT2D eigenvalue weighted by atomic mass is 32.2. The summed E-state index contributed by atoms with van der Waals surface area (Å²) >= 11 is 0. The van der Waals surface area contributed by atoms with Crippen LogP contribution < -0.4 is 9.62 Å². The molecule has 0 radical (unpaired) electrons. The molecule has 2 aromatic carbocycles. The van der Waals surface area contributed by atoms with E-state index in [4.69, 9.17) is 0 Å². The Morgan fingerprint density at radius 3 is 2.69 bits per heavy atom. The molecule has 26 heavy (non-hydrogen) atoms. The number of nitrogens with zero attached hydrogens (tertiary/aromatic N) is 1. The van der Waals surface area contributed by atoms with Gasteiger partial charge >= 0.3 is 0 Å². The number of nitrogens with one attached hydrogen (secondary N) is 1. The molecule has 0 spiro atoms. The van der Waals surface area contributed by atoms with Crippen LogP contribution in [0.5, 0.6) is 0 Å². The first-order chi connectivity index (χ1) is 12.3. The quantitative estimate of drug-likeness (QED) is 0.899. The lowest BCUT2D eigenvalue weighted by atomic mass is 9.96. The second kappa shape index (κ2) is 5.84. The van der Waals surface area contributed by atoms with Crippen LogP contribution in [0.3, 0.4) is 0 Å². The van der Waals surface area contributed by atoms with Crippen LogP contribution in [-0.2, 0) is 21.2 Å². The lowest BCUT2D eigenvalue weighted by Crippen LogP contribution is -2.32. The van der Waals surface area contributed by atoms with E-state index in [-0.39, 0.29) is 16.7 Å². The van der Waals surface area contributed by atoms with Gasteiger partial charge in [0.25, 0.3) is 10.0 Å². The molecule has 0 saturated heterocycles. The fourth-order valence-corrected chi connectivity index (χ4v) is 5.33. The largest absolute Gasteiger partial charge is 0.311 e. The van der Waals surface area contributed by atoms with Gasteiger partial charge in [-0.05, 0) is 74.1 Å². The van der Waals surface area contributed by atoms with Crippen LogP contribution >= 0.6 is 0 Å². The Balaban J connectivity index is 1.77. The zero-order chi connectivity index (χ0) is 18.6. The fourth-order valence-electron chi connectivity index (χ4n) is 3.96. The van der Waals surface area contributed by atoms with Gasteiger partial charge in [-0.3, -0.25) is 9.52 Å². The standard InChI is InChI=1S/C20H22N2O3S/c1-12-6-7-13(2)18(9-12)26(24,25)21-16-10-15-5-4-8-22-19(15)17(11-16)14(3)20(22)23/h6-7,9-11,14,21H,4-5,8H2,1-3H3/t14-/m0/s1. The third-order valence-electron chi connectivity index (χ3n) is 5.30. The third kappa shape index (κ3) is 2.60. The van der Waals surface area contributed by atoms with Crippen molar-refractivity contribution in [1.82, 2.24) is 0 Å². The van der Waals surface area contributed by atoms with Crippen molar-refractivity contribution in [1.29, 1.82) is 0 Å². The van der Waals surface area contributed by atoms with Gasteiger partial charge in [-0.1, -0.05) is 12.1 Å². The maximum Gasteiger partial charge on any atom is 0.262 e. The minimum absolute atomic E-state index is 0.107. The molecule has 2 aliphatic heterocycles. The lowest BCUT2D eigenvalue weighted by Gasteiger charge is -2.26. The fraction of sp³-hybridized carbons (Fsp3) is 0.350. The molecule has 0 bridgehead atoms. The smallest absolute Gasteiger partial charge is 0.262 e. The van der Waals surface area contributed by atoms with Crippen LogP contribution in [0, 0.1) is 13.8 Å². The Morgan fingerprint density at radius 1 is 1.15 bits per heavy atom. The first-order valence-electron chi connectivity index (χ1n) is 8.86. The molecule has 6 heteroatoms. The minimum Gasteiger partial charge on any atom is -0.311 e. The summed E-state index contributed by atoms with van der Waals surface area (Å²) in [7, 11) is -3.68. The van der Waals surface area contributed by atoms with E-state index in [1.165, 1.54) is 0 Å². The number of aryl methyl sites for hydroxylation is 3. The number of sulfonamides is 1. The summed E-state index contributed by atoms with van der Waals surface area (Å²) in [6, 6.07) is 9.09. The van der Waals surface area contributed by atoms with Gasteiger partial charge in [0.1, 0.15) is 0 Å². The highest BCUT2D eigenvalue weighted by molar-refractivity contribution is 7.92. The molecule has 0 saturated carbocycles. The van der Waals surface area contributed by atoms with E-state index in [2.05, 4.69) is 4.72 Å². The summed E-state index contributed by atoms with van der Waals surface area (Å²) in [6.07, 6.45) is 1.76. The second-order valence-corrected chi connectivity index (χ2v) is 8.91. The summed E-state index contributed by atoms with van der Waals surface area (Å²) in [5, 5.41) is 0. The Kier molecular flexibility index (Phi) is 3.84. The van der Waals surface area contributed by atoms with E-state index in [1.807, 2.05) is 43.0 Å². The summed E-state index contributed by atoms with van der Waals surface area (Å²) in [6.45, 7) is 6.30. The van der Waals surface area contributed by atoms with Gasteiger partial charge in [-0.15, -0.1) is 0 Å². The first-order valence-corrected chi connectivity index (χ1v) is 10.3. The van der Waals surface area contributed by atoms with Gasteiger partial charge in [0.05, 0.1) is 16.5 Å². The number of hydrogen-bond donors (Lipinski definition) is 1. The monoisotopic (exact) mass is 370 g/mol. The average Bonchev–Trinajstić information content (AvgIpc) is 2.83. The SMILES string of the molecule is Cc1ccc(C)c(S(=O)(=O)Nc2cc3c4c(c2)[C@H](C)C(=O)N4CCC3)c1. The zero-order valence-corrected chi connectivity index (χ0v) is 16.0. The molecule has 2 heterocycles. The van der Waals surface area contributed by atoms with Crippen LogP contribution in [-0.4, -0.2) is 20.9 Å². The molecular weight excluding hydrogens is 348 g/mol. The number of benzene rings is 2. The highest BCUT2D eigenvalue weighted by Gasteiger charge is 2.38. The van der Waals surface area contributed by atoms with Crippen molar-refractivity contribution in [3.05, 3.63) is 52.6 Å². The molecule has 2 aromatic rings. The van der Waals surface area contributed by atoms with E-state index >= 15 is 0 Å². The average molecular weight is 370 g/mol. The van der Waals surface area contributed by atoms with Crippen molar-refractivity contribution >= 4 is 27.3 Å². The topological polar surface area (TPSA) is 66.5 Å². The van der Waals surface area contributed by atoms with Crippen LogP contribution in [0.15, 0.2) is 35.2 Å². The molecule has 1 atom stereocenters. The summed E-state index contributed by atoms with van der Waals surface area (Å²) in [5.41, 5.74) is 5.10. The Morgan fingerprint density at radius 2 is 1.92 bits per heavy atom. The molecule has 0 aliphatic carbocycles. The molecule has 1 N–H and O–H groups in total. The van der Waals surface area contributed by atoms with Gasteiger partial charge in [-0.25, -0.2) is 8.42 Å². The number of rotatable bonds is 3. The van der Waals surface area contributed by atoms with Crippen molar-refractivity contribution in [3.63, 3.8) is 0 Å². The molecule has 136 valence electrons. The Labute approximate surface area is 154 Å². The Hall–Kier alpha value is -2.34. The van der Waals surface area contributed by atoms with Crippen LogP contribution in [0.1, 0.15) is 41.5 Å². The first kappa shape index (κ1) is 17.1. The molecule has 4 rings (SSSR count). The second-order valence-electron chi connectivity index (χ2n) is 7.26. The molecule has 5 nitrogen and oxygen atoms in total. The van der Waals surface area contributed by atoms with Crippen molar-refractivity contribution in [2.75, 3.05) is 16.2 Å². The van der Waals surface area contributed by atoms with Gasteiger partial charge in [0.15, 0.2) is 0 Å². The summed E-state index contributed by atoms with van der Waals surface area (Å²) < 4.78 is 28.5. The number of hydrogen-bond acceptors (Lipinski definition) is 3. The van der Waals surface area contributed by atoms with Crippen molar-refractivity contribution in [3.8, 4) is 0 Å². The Bertz CT molecular complexity index is 1030.